The van der Waals surface area contributed by atoms with Crippen LogP contribution in [0.25, 0.3) is 0 Å². The summed E-state index contributed by atoms with van der Waals surface area (Å²) in [6.45, 7) is 1.57. The minimum Gasteiger partial charge on any atom is -0.480 e. The lowest BCUT2D eigenvalue weighted by Gasteiger charge is -2.11. The average Bonchev–Trinajstić information content (AvgIpc) is 2.28. The average molecular weight is 236 g/mol. The summed E-state index contributed by atoms with van der Waals surface area (Å²) in [5, 5.41) is 10.7. The zero-order valence-corrected chi connectivity index (χ0v) is 9.64. The Hall–Kier alpha value is -1.88. The molecule has 0 bridgehead atoms. The highest BCUT2D eigenvalue weighted by Gasteiger charge is 2.14. The second kappa shape index (κ2) is 6.00. The zero-order chi connectivity index (χ0) is 12.8. The van der Waals surface area contributed by atoms with Crippen molar-refractivity contribution in [2.75, 3.05) is 6.54 Å². The number of hydrogen-bond acceptors (Lipinski definition) is 3. The Kier molecular flexibility index (Phi) is 4.66. The van der Waals surface area contributed by atoms with Crippen LogP contribution in [0.5, 0.6) is 0 Å². The summed E-state index contributed by atoms with van der Waals surface area (Å²) in [4.78, 5) is 21.7. The molecule has 17 heavy (non-hydrogen) atoms. The second-order valence-corrected chi connectivity index (χ2v) is 3.91. The van der Waals surface area contributed by atoms with Gasteiger partial charge in [-0.3, -0.25) is 9.59 Å². The molecule has 4 N–H and O–H groups in total. The number of hydrogen-bond donors (Lipinski definition) is 3. The van der Waals surface area contributed by atoms with Crippen LogP contribution in [-0.2, 0) is 16.0 Å². The molecule has 0 fully saturated rings. The molecule has 0 saturated heterocycles. The summed E-state index contributed by atoms with van der Waals surface area (Å²) in [6.07, 6.45) is 0.395. The molecule has 0 saturated carbocycles. The van der Waals surface area contributed by atoms with Crippen molar-refractivity contribution in [2.24, 2.45) is 5.73 Å². The number of rotatable bonds is 5. The van der Waals surface area contributed by atoms with Crippen molar-refractivity contribution in [2.45, 2.75) is 19.4 Å². The summed E-state index contributed by atoms with van der Waals surface area (Å²) >= 11 is 0. The Morgan fingerprint density at radius 1 is 1.35 bits per heavy atom. The molecule has 5 heteroatoms. The third-order valence-corrected chi connectivity index (χ3v) is 2.33. The van der Waals surface area contributed by atoms with Gasteiger partial charge in [0.2, 0.25) is 5.91 Å². The van der Waals surface area contributed by atoms with Crippen LogP contribution in [0.4, 0.5) is 0 Å². The van der Waals surface area contributed by atoms with Gasteiger partial charge in [-0.25, -0.2) is 0 Å². The lowest BCUT2D eigenvalue weighted by molar-refractivity contribution is -0.138. The maximum absolute atomic E-state index is 11.4. The van der Waals surface area contributed by atoms with Crippen molar-refractivity contribution in [3.8, 4) is 0 Å². The Bertz CT molecular complexity index is 401. The zero-order valence-electron chi connectivity index (χ0n) is 9.64. The van der Waals surface area contributed by atoms with Crippen molar-refractivity contribution in [1.82, 2.24) is 5.32 Å². The smallest absolute Gasteiger partial charge is 0.322 e. The van der Waals surface area contributed by atoms with Crippen LogP contribution in [0.1, 0.15) is 11.1 Å². The summed E-state index contributed by atoms with van der Waals surface area (Å²) in [7, 11) is 0. The molecule has 1 aromatic rings. The molecular formula is C12H16N2O3. The van der Waals surface area contributed by atoms with Gasteiger partial charge < -0.3 is 16.2 Å². The van der Waals surface area contributed by atoms with Gasteiger partial charge >= 0.3 is 5.97 Å². The molecule has 1 atom stereocenters. The lowest BCUT2D eigenvalue weighted by Crippen LogP contribution is -2.43. The molecule has 1 amide bonds. The van der Waals surface area contributed by atoms with Crippen LogP contribution < -0.4 is 11.1 Å². The molecule has 0 aromatic heterocycles. The summed E-state index contributed by atoms with van der Waals surface area (Å²) in [5.74, 6) is -1.53. The number of carboxylic acids is 1. The number of carbonyl (C=O) groups is 2. The van der Waals surface area contributed by atoms with Gasteiger partial charge in [0.1, 0.15) is 6.54 Å². The molecule has 0 aliphatic carbocycles. The van der Waals surface area contributed by atoms with E-state index >= 15 is 0 Å². The van der Waals surface area contributed by atoms with Crippen molar-refractivity contribution in [3.05, 3.63) is 35.4 Å². The second-order valence-electron chi connectivity index (χ2n) is 3.91. The molecular weight excluding hydrogens is 220 g/mol. The van der Waals surface area contributed by atoms with Crippen LogP contribution >= 0.6 is 0 Å². The SMILES string of the molecule is Cc1ccc(C[C@H](N)C(=O)NCC(=O)O)cc1. The van der Waals surface area contributed by atoms with Gasteiger partial charge in [-0.05, 0) is 18.9 Å². The number of carbonyl (C=O) groups excluding carboxylic acids is 1. The predicted molar refractivity (Wildman–Crippen MR) is 63.5 cm³/mol. The van der Waals surface area contributed by atoms with Gasteiger partial charge in [-0.15, -0.1) is 0 Å². The number of nitrogens with two attached hydrogens (primary N) is 1. The summed E-state index contributed by atoms with van der Waals surface area (Å²) in [6, 6.07) is 6.96. The van der Waals surface area contributed by atoms with E-state index in [0.717, 1.165) is 11.1 Å². The van der Waals surface area contributed by atoms with E-state index in [0.29, 0.717) is 6.42 Å². The first-order valence-corrected chi connectivity index (χ1v) is 5.29. The number of amides is 1. The van der Waals surface area contributed by atoms with Crippen LogP contribution in [-0.4, -0.2) is 29.6 Å². The quantitative estimate of drug-likeness (QED) is 0.674. The first-order chi connectivity index (χ1) is 7.99. The normalized spacial score (nSPS) is 11.9. The maximum atomic E-state index is 11.4. The monoisotopic (exact) mass is 236 g/mol. The highest BCUT2D eigenvalue weighted by atomic mass is 16.4. The van der Waals surface area contributed by atoms with Gasteiger partial charge in [0, 0.05) is 0 Å². The predicted octanol–water partition coefficient (Wildman–Crippen LogP) is 0.0656. The molecule has 92 valence electrons. The van der Waals surface area contributed by atoms with Gasteiger partial charge in [-0.1, -0.05) is 29.8 Å². The highest BCUT2D eigenvalue weighted by Crippen LogP contribution is 2.05. The van der Waals surface area contributed by atoms with Crippen molar-refractivity contribution in [3.63, 3.8) is 0 Å². The van der Waals surface area contributed by atoms with E-state index in [1.807, 2.05) is 31.2 Å². The van der Waals surface area contributed by atoms with E-state index in [1.54, 1.807) is 0 Å². The fourth-order valence-corrected chi connectivity index (χ4v) is 1.36. The Balaban J connectivity index is 2.48. The topological polar surface area (TPSA) is 92.4 Å². The number of carboxylic acid groups (broad SMARTS) is 1. The minimum atomic E-state index is -1.08. The van der Waals surface area contributed by atoms with E-state index in [9.17, 15) is 9.59 Å². The molecule has 1 aromatic carbocycles. The summed E-state index contributed by atoms with van der Waals surface area (Å²) < 4.78 is 0. The van der Waals surface area contributed by atoms with Crippen LogP contribution in [0.15, 0.2) is 24.3 Å². The van der Waals surface area contributed by atoms with Crippen molar-refractivity contribution in [1.29, 1.82) is 0 Å². The van der Waals surface area contributed by atoms with Crippen molar-refractivity contribution < 1.29 is 14.7 Å². The molecule has 0 unspecified atom stereocenters. The Labute approximate surface area is 99.6 Å². The number of aliphatic carboxylic acids is 1. The number of nitrogens with one attached hydrogen (secondary N) is 1. The molecule has 0 aliphatic rings. The van der Waals surface area contributed by atoms with Gasteiger partial charge in [0.15, 0.2) is 0 Å². The van der Waals surface area contributed by atoms with E-state index < -0.39 is 24.5 Å². The van der Waals surface area contributed by atoms with Crippen molar-refractivity contribution >= 4 is 11.9 Å². The summed E-state index contributed by atoms with van der Waals surface area (Å²) in [5.41, 5.74) is 7.76. The Morgan fingerprint density at radius 3 is 2.47 bits per heavy atom. The fraction of sp³-hybridized carbons (Fsp3) is 0.333. The van der Waals surface area contributed by atoms with Crippen LogP contribution in [0.2, 0.25) is 0 Å². The fourth-order valence-electron chi connectivity index (χ4n) is 1.36. The molecule has 0 spiro atoms. The van der Waals surface area contributed by atoms with Gasteiger partial charge in [0.05, 0.1) is 6.04 Å². The Morgan fingerprint density at radius 2 is 1.94 bits per heavy atom. The standard InChI is InChI=1S/C12H16N2O3/c1-8-2-4-9(5-3-8)6-10(13)12(17)14-7-11(15)16/h2-5,10H,6-7,13H2,1H3,(H,14,17)(H,15,16)/t10-/m0/s1. The molecule has 5 nitrogen and oxygen atoms in total. The first-order valence-electron chi connectivity index (χ1n) is 5.29. The van der Waals surface area contributed by atoms with E-state index in [4.69, 9.17) is 10.8 Å². The molecule has 0 radical (unpaired) electrons. The van der Waals surface area contributed by atoms with Crippen LogP contribution in [0, 0.1) is 6.92 Å². The van der Waals surface area contributed by atoms with E-state index in [1.165, 1.54) is 0 Å². The van der Waals surface area contributed by atoms with Crippen LogP contribution in [0.3, 0.4) is 0 Å². The molecule has 0 heterocycles. The minimum absolute atomic E-state index is 0.395. The first kappa shape index (κ1) is 13.2. The van der Waals surface area contributed by atoms with Gasteiger partial charge in [-0.2, -0.15) is 0 Å². The number of benzene rings is 1. The largest absolute Gasteiger partial charge is 0.480 e. The van der Waals surface area contributed by atoms with Gasteiger partial charge in [0.25, 0.3) is 0 Å². The maximum Gasteiger partial charge on any atom is 0.322 e. The third-order valence-electron chi connectivity index (χ3n) is 2.33. The van der Waals surface area contributed by atoms with E-state index in [2.05, 4.69) is 5.32 Å². The third kappa shape index (κ3) is 4.65. The molecule has 1 rings (SSSR count). The highest BCUT2D eigenvalue weighted by molar-refractivity contribution is 5.85. The molecule has 0 aliphatic heterocycles. The lowest BCUT2D eigenvalue weighted by atomic mass is 10.0. The number of aryl methyl sites for hydroxylation is 1. The van der Waals surface area contributed by atoms with E-state index in [-0.39, 0.29) is 0 Å².